The SMILES string of the molecule is C[Si](C)(C)OP(=O)(O[Si](C)(C)C)Sc1ccccc1. The second kappa shape index (κ2) is 6.28. The molecule has 7 heteroatoms. The van der Waals surface area contributed by atoms with Crippen LogP contribution in [0.25, 0.3) is 0 Å². The van der Waals surface area contributed by atoms with Gasteiger partial charge in [0.1, 0.15) is 0 Å². The Morgan fingerprint density at radius 3 is 1.68 bits per heavy atom. The molecule has 0 amide bonds. The van der Waals surface area contributed by atoms with E-state index in [-0.39, 0.29) is 0 Å². The molecule has 1 rings (SSSR count). The summed E-state index contributed by atoms with van der Waals surface area (Å²) in [7, 11) is -3.87. The molecule has 0 fully saturated rings. The minimum atomic E-state index is -3.14. The highest BCUT2D eigenvalue weighted by atomic mass is 32.7. The van der Waals surface area contributed by atoms with Gasteiger partial charge in [-0.2, -0.15) is 0 Å². The Hall–Kier alpha value is 0.154. The van der Waals surface area contributed by atoms with E-state index in [0.717, 1.165) is 4.90 Å². The Bertz CT molecular complexity index is 434. The summed E-state index contributed by atoms with van der Waals surface area (Å²) >= 11 is 1.23. The molecule has 1 aromatic rings. The third-order valence-electron chi connectivity index (χ3n) is 1.73. The predicted molar refractivity (Wildman–Crippen MR) is 88.8 cm³/mol. The first-order valence-corrected chi connectivity index (χ1v) is 16.0. The molecule has 0 aromatic heterocycles. The molecule has 0 aliphatic rings. The zero-order valence-electron chi connectivity index (χ0n) is 12.5. The maximum Gasteiger partial charge on any atom is 0.374 e. The van der Waals surface area contributed by atoms with Gasteiger partial charge in [0.25, 0.3) is 0 Å². The Balaban J connectivity index is 2.96. The van der Waals surface area contributed by atoms with Crippen molar-refractivity contribution in [1.82, 2.24) is 0 Å². The van der Waals surface area contributed by atoms with E-state index in [9.17, 15) is 4.57 Å². The van der Waals surface area contributed by atoms with E-state index in [1.54, 1.807) is 0 Å². The molecule has 0 heterocycles. The van der Waals surface area contributed by atoms with Crippen molar-refractivity contribution in [1.29, 1.82) is 0 Å². The minimum absolute atomic E-state index is 0.919. The van der Waals surface area contributed by atoms with Gasteiger partial charge in [0.05, 0.1) is 0 Å². The van der Waals surface area contributed by atoms with Crippen molar-refractivity contribution in [3.63, 3.8) is 0 Å². The molecule has 0 saturated carbocycles. The third-order valence-corrected chi connectivity index (χ3v) is 11.3. The Labute approximate surface area is 122 Å². The summed E-state index contributed by atoms with van der Waals surface area (Å²) in [6, 6.07) is 9.65. The van der Waals surface area contributed by atoms with Crippen LogP contribution in [0, 0.1) is 0 Å². The van der Waals surface area contributed by atoms with E-state index in [1.165, 1.54) is 11.4 Å². The van der Waals surface area contributed by atoms with Crippen molar-refractivity contribution < 1.29 is 13.0 Å². The topological polar surface area (TPSA) is 35.5 Å². The van der Waals surface area contributed by atoms with Crippen LogP contribution >= 0.6 is 18.2 Å². The van der Waals surface area contributed by atoms with Crippen LogP contribution in [-0.2, 0) is 13.0 Å². The van der Waals surface area contributed by atoms with Crippen molar-refractivity contribution in [2.45, 2.75) is 44.2 Å². The molecule has 0 saturated heterocycles. The first-order valence-electron chi connectivity index (χ1n) is 6.25. The molecule has 0 atom stereocenters. The van der Waals surface area contributed by atoms with E-state index in [0.29, 0.717) is 0 Å². The predicted octanol–water partition coefficient (Wildman–Crippen LogP) is 5.59. The average Bonchev–Trinajstić information content (AvgIpc) is 2.11. The molecule has 0 aliphatic carbocycles. The maximum atomic E-state index is 13.0. The molecular formula is C12H23O3PSSi2. The van der Waals surface area contributed by atoms with Crippen LogP contribution < -0.4 is 0 Å². The van der Waals surface area contributed by atoms with Gasteiger partial charge in [-0.3, -0.25) is 0 Å². The molecule has 0 N–H and O–H groups in total. The molecule has 0 bridgehead atoms. The van der Waals surface area contributed by atoms with Crippen LogP contribution in [0.1, 0.15) is 0 Å². The van der Waals surface area contributed by atoms with Gasteiger partial charge in [-0.1, -0.05) is 18.2 Å². The fourth-order valence-electron chi connectivity index (χ4n) is 1.34. The van der Waals surface area contributed by atoms with E-state index >= 15 is 0 Å². The molecule has 0 aliphatic heterocycles. The lowest BCUT2D eigenvalue weighted by Crippen LogP contribution is -2.28. The number of hydrogen-bond acceptors (Lipinski definition) is 4. The number of rotatable bonds is 6. The van der Waals surface area contributed by atoms with Gasteiger partial charge in [-0.25, -0.2) is 4.57 Å². The first kappa shape index (κ1) is 17.2. The zero-order valence-corrected chi connectivity index (χ0v) is 16.2. The molecule has 0 spiro atoms. The first-order chi connectivity index (χ1) is 8.49. The van der Waals surface area contributed by atoms with E-state index < -0.39 is 23.4 Å². The van der Waals surface area contributed by atoms with E-state index in [4.69, 9.17) is 8.43 Å². The molecule has 0 unspecified atom stereocenters. The highest BCUT2D eigenvalue weighted by molar-refractivity contribution is 8.55. The fourth-order valence-corrected chi connectivity index (χ4v) is 13.9. The molecule has 19 heavy (non-hydrogen) atoms. The van der Waals surface area contributed by atoms with Crippen LogP contribution in [0.15, 0.2) is 35.2 Å². The molecular weight excluding hydrogens is 311 g/mol. The summed E-state index contributed by atoms with van der Waals surface area (Å²) in [5.74, 6) is 0. The fraction of sp³-hybridized carbons (Fsp3) is 0.500. The average molecular weight is 335 g/mol. The minimum Gasteiger partial charge on any atom is -0.344 e. The van der Waals surface area contributed by atoms with Crippen LogP contribution in [0.2, 0.25) is 39.3 Å². The van der Waals surface area contributed by atoms with Gasteiger partial charge in [0.2, 0.25) is 0 Å². The molecule has 0 radical (unpaired) electrons. The maximum absolute atomic E-state index is 13.0. The van der Waals surface area contributed by atoms with Crippen molar-refractivity contribution in [3.8, 4) is 0 Å². The summed E-state index contributed by atoms with van der Waals surface area (Å²) < 4.78 is 24.8. The van der Waals surface area contributed by atoms with Crippen LogP contribution in [0.3, 0.4) is 0 Å². The third kappa shape index (κ3) is 7.49. The summed E-state index contributed by atoms with van der Waals surface area (Å²) in [5, 5.41) is 0. The van der Waals surface area contributed by atoms with Gasteiger partial charge < -0.3 is 8.43 Å². The van der Waals surface area contributed by atoms with E-state index in [1.807, 2.05) is 69.6 Å². The van der Waals surface area contributed by atoms with Gasteiger partial charge >= 0.3 is 6.80 Å². The Morgan fingerprint density at radius 1 is 0.895 bits per heavy atom. The standard InChI is InChI=1S/C12H23O3PSSi2/c1-18(2,3)14-16(13,15-19(4,5)6)17-12-10-8-7-9-11-12/h7-11H,1-6H3. The summed E-state index contributed by atoms with van der Waals surface area (Å²) in [5.41, 5.74) is 0. The quantitative estimate of drug-likeness (QED) is 0.502. The normalized spacial score (nSPS) is 13.6. The van der Waals surface area contributed by atoms with Gasteiger partial charge in [-0.05, 0) is 62.8 Å². The molecule has 3 nitrogen and oxygen atoms in total. The van der Waals surface area contributed by atoms with Crippen molar-refractivity contribution in [3.05, 3.63) is 30.3 Å². The van der Waals surface area contributed by atoms with Gasteiger partial charge in [0.15, 0.2) is 16.6 Å². The lowest BCUT2D eigenvalue weighted by molar-refractivity contribution is 0.405. The molecule has 108 valence electrons. The zero-order chi connectivity index (χ0) is 14.7. The Morgan fingerprint density at radius 2 is 1.32 bits per heavy atom. The van der Waals surface area contributed by atoms with Crippen LogP contribution in [0.5, 0.6) is 0 Å². The van der Waals surface area contributed by atoms with Crippen LogP contribution in [0.4, 0.5) is 0 Å². The summed E-state index contributed by atoms with van der Waals surface area (Å²) in [6.07, 6.45) is 0. The lowest BCUT2D eigenvalue weighted by atomic mass is 10.4. The van der Waals surface area contributed by atoms with Gasteiger partial charge in [0, 0.05) is 4.90 Å². The second-order valence-corrected chi connectivity index (χ2v) is 19.6. The smallest absolute Gasteiger partial charge is 0.344 e. The van der Waals surface area contributed by atoms with Crippen molar-refractivity contribution in [2.75, 3.05) is 0 Å². The van der Waals surface area contributed by atoms with E-state index in [2.05, 4.69) is 0 Å². The second-order valence-electron chi connectivity index (χ2n) is 6.26. The largest absolute Gasteiger partial charge is 0.374 e. The lowest BCUT2D eigenvalue weighted by Gasteiger charge is -2.30. The van der Waals surface area contributed by atoms with Crippen LogP contribution in [-0.4, -0.2) is 16.6 Å². The Kier molecular flexibility index (Phi) is 5.69. The highest BCUT2D eigenvalue weighted by Crippen LogP contribution is 2.66. The van der Waals surface area contributed by atoms with Crippen molar-refractivity contribution in [2.24, 2.45) is 0 Å². The number of hydrogen-bond donors (Lipinski definition) is 0. The van der Waals surface area contributed by atoms with Gasteiger partial charge in [-0.15, -0.1) is 0 Å². The monoisotopic (exact) mass is 334 g/mol. The highest BCUT2D eigenvalue weighted by Gasteiger charge is 2.37. The number of benzene rings is 1. The summed E-state index contributed by atoms with van der Waals surface area (Å²) in [6.45, 7) is 9.02. The summed E-state index contributed by atoms with van der Waals surface area (Å²) in [4.78, 5) is 0.919. The van der Waals surface area contributed by atoms with Crippen molar-refractivity contribution >= 4 is 34.8 Å². The molecule has 1 aromatic carbocycles.